The molecule has 1 unspecified atom stereocenters. The maximum Gasteiger partial charge on any atom is 0.425 e. The van der Waals surface area contributed by atoms with Crippen LogP contribution in [-0.4, -0.2) is 70.7 Å². The fourth-order valence-electron chi connectivity index (χ4n) is 7.94. The van der Waals surface area contributed by atoms with Gasteiger partial charge in [0.05, 0.1) is 54.0 Å². The zero-order valence-corrected chi connectivity index (χ0v) is 41.6. The van der Waals surface area contributed by atoms with Crippen LogP contribution in [0.3, 0.4) is 0 Å². The molecule has 14 nitrogen and oxygen atoms in total. The van der Waals surface area contributed by atoms with E-state index in [1.165, 1.54) is 33.4 Å². The molecule has 0 fully saturated rings. The summed E-state index contributed by atoms with van der Waals surface area (Å²) >= 11 is 13.7. The lowest BCUT2D eigenvalue weighted by atomic mass is 9.98. The number of carbonyl (C=O) groups excluding carboxylic acids is 2. The average Bonchev–Trinajstić information content (AvgIpc) is 3.47. The third-order valence-corrected chi connectivity index (χ3v) is 11.5. The number of rotatable bonds is 11. The number of methoxy groups -OCH3 is 2. The van der Waals surface area contributed by atoms with Gasteiger partial charge in [-0.05, 0) is 120 Å². The summed E-state index contributed by atoms with van der Waals surface area (Å²) in [5, 5.41) is -1.10. The molecule has 2 amide bonds. The minimum Gasteiger partial charge on any atom is -0.497 e. The third-order valence-electron chi connectivity index (χ3n) is 11.0. The Hall–Kier alpha value is -6.66. The lowest BCUT2D eigenvalue weighted by molar-refractivity contribution is -0.137. The molecule has 3 aromatic heterocycles. The van der Waals surface area contributed by atoms with E-state index in [0.717, 1.165) is 11.1 Å². The summed E-state index contributed by atoms with van der Waals surface area (Å²) in [6, 6.07) is 18.0. The van der Waals surface area contributed by atoms with E-state index in [4.69, 9.17) is 46.9 Å². The minimum absolute atomic E-state index is 0.00882. The summed E-state index contributed by atoms with van der Waals surface area (Å²) in [7, 11) is 3.07. The first kappa shape index (κ1) is 51.2. The van der Waals surface area contributed by atoms with Gasteiger partial charge in [-0.15, -0.1) is 0 Å². The molecule has 1 aliphatic heterocycles. The molecular formula is C50H51Cl2F4N7O7. The number of hydrogen-bond donors (Lipinski definition) is 0. The van der Waals surface area contributed by atoms with Crippen LogP contribution in [0.25, 0.3) is 22.2 Å². The van der Waals surface area contributed by atoms with E-state index in [1.807, 2.05) is 24.3 Å². The molecule has 6 aromatic rings. The monoisotopic (exact) mass is 1010 g/mol. The first-order valence-electron chi connectivity index (χ1n) is 22.0. The topological polar surface area (TPSA) is 142 Å². The summed E-state index contributed by atoms with van der Waals surface area (Å²) < 4.78 is 92.0. The molecule has 3 aromatic carbocycles. The smallest absolute Gasteiger partial charge is 0.425 e. The van der Waals surface area contributed by atoms with Gasteiger partial charge in [0.2, 0.25) is 5.28 Å². The fraction of sp³-hybridized carbons (Fsp3) is 0.360. The standard InChI is InChI=1S/C50H51Cl2F4N7O7/c1-27-24-34(61(25-29-13-17-31(66-9)18-14-29)26-30-15-19-32(67-10)20-16-30)58-40(37(27)50(54,55)56)35-38(51)42-36-41(39(35)53)59-45(52)60-44(36)62(22-23-68-42)28(2)33-12-11-21-57-43(33)63(46(64)69-48(3,4)5)47(65)70-49(6,7)8/h11-21,24,28H,22-23,25-26H2,1-10H3. The molecule has 0 N–H and O–H groups in total. The molecule has 0 bridgehead atoms. The van der Waals surface area contributed by atoms with Gasteiger partial charge >= 0.3 is 18.4 Å². The van der Waals surface area contributed by atoms with Gasteiger partial charge in [0.25, 0.3) is 0 Å². The van der Waals surface area contributed by atoms with Crippen molar-refractivity contribution in [1.82, 2.24) is 19.9 Å². The summed E-state index contributed by atoms with van der Waals surface area (Å²) in [5.74, 6) is -0.373. The second kappa shape index (κ2) is 20.0. The van der Waals surface area contributed by atoms with E-state index in [9.17, 15) is 9.59 Å². The molecule has 1 atom stereocenters. The van der Waals surface area contributed by atoms with Crippen LogP contribution in [0.4, 0.5) is 44.6 Å². The minimum atomic E-state index is -5.05. The molecule has 0 radical (unpaired) electrons. The number of aryl methyl sites for hydroxylation is 1. The molecule has 20 heteroatoms. The zero-order chi connectivity index (χ0) is 51.0. The van der Waals surface area contributed by atoms with Crippen LogP contribution in [-0.2, 0) is 28.7 Å². The Morgan fingerprint density at radius 1 is 0.843 bits per heavy atom. The molecule has 4 heterocycles. The summed E-state index contributed by atoms with van der Waals surface area (Å²) in [6.45, 7) is 12.9. The number of pyridine rings is 2. The highest BCUT2D eigenvalue weighted by molar-refractivity contribution is 6.37. The predicted octanol–water partition coefficient (Wildman–Crippen LogP) is 12.7. The van der Waals surface area contributed by atoms with Crippen LogP contribution in [0.5, 0.6) is 17.2 Å². The molecule has 70 heavy (non-hydrogen) atoms. The number of carbonyl (C=O) groups is 2. The van der Waals surface area contributed by atoms with E-state index >= 15 is 17.6 Å². The van der Waals surface area contributed by atoms with E-state index in [0.29, 0.717) is 16.4 Å². The van der Waals surface area contributed by atoms with Crippen molar-refractivity contribution in [2.45, 2.75) is 91.9 Å². The summed E-state index contributed by atoms with van der Waals surface area (Å²) in [4.78, 5) is 49.4. The van der Waals surface area contributed by atoms with Gasteiger partial charge in [-0.25, -0.2) is 28.9 Å². The van der Waals surface area contributed by atoms with Gasteiger partial charge in [-0.1, -0.05) is 41.9 Å². The number of benzene rings is 3. The second-order valence-corrected chi connectivity index (χ2v) is 19.1. The Bertz CT molecular complexity index is 2850. The largest absolute Gasteiger partial charge is 0.497 e. The van der Waals surface area contributed by atoms with E-state index in [-0.39, 0.29) is 66.0 Å². The van der Waals surface area contributed by atoms with Crippen LogP contribution >= 0.6 is 23.2 Å². The van der Waals surface area contributed by atoms with Gasteiger partial charge < -0.3 is 33.5 Å². The van der Waals surface area contributed by atoms with Gasteiger partial charge in [-0.2, -0.15) is 23.1 Å². The van der Waals surface area contributed by atoms with E-state index in [1.54, 1.807) is 94.7 Å². The highest BCUT2D eigenvalue weighted by Crippen LogP contribution is 2.51. The van der Waals surface area contributed by atoms with Crippen molar-refractivity contribution < 1.29 is 50.8 Å². The Labute approximate surface area is 412 Å². The summed E-state index contributed by atoms with van der Waals surface area (Å²) in [6.07, 6.45) is -5.80. The maximum atomic E-state index is 17.7. The van der Waals surface area contributed by atoms with Gasteiger partial charge in [-0.3, -0.25) is 0 Å². The van der Waals surface area contributed by atoms with E-state index in [2.05, 4.69) is 19.9 Å². The lowest BCUT2D eigenvalue weighted by Gasteiger charge is -2.33. The van der Waals surface area contributed by atoms with Crippen molar-refractivity contribution in [3.05, 3.63) is 117 Å². The first-order valence-corrected chi connectivity index (χ1v) is 22.7. The zero-order valence-electron chi connectivity index (χ0n) is 40.1. The van der Waals surface area contributed by atoms with Crippen molar-refractivity contribution in [2.24, 2.45) is 0 Å². The molecule has 0 aliphatic carbocycles. The first-order chi connectivity index (χ1) is 32.9. The molecule has 370 valence electrons. The molecular weight excluding hydrogens is 957 g/mol. The Kier molecular flexibility index (Phi) is 14.6. The van der Waals surface area contributed by atoms with Crippen molar-refractivity contribution in [3.63, 3.8) is 0 Å². The quantitative estimate of drug-likeness (QED) is 0.0898. The molecule has 0 saturated carbocycles. The van der Waals surface area contributed by atoms with Crippen LogP contribution in [0, 0.1) is 12.7 Å². The lowest BCUT2D eigenvalue weighted by Crippen LogP contribution is -2.45. The van der Waals surface area contributed by atoms with Gasteiger partial charge in [0.1, 0.15) is 46.5 Å². The number of alkyl halides is 3. The van der Waals surface area contributed by atoms with Crippen molar-refractivity contribution in [3.8, 4) is 28.5 Å². The molecule has 0 spiro atoms. The SMILES string of the molecule is COc1ccc(CN(Cc2ccc(OC)cc2)c2cc(C)c(C(F)(F)F)c(-c3c(Cl)c4c5c(nc(Cl)nc5c3F)N(C(C)c3cccnc3N(C(=O)OC(C)(C)C)C(=O)OC(C)(C)C)CCO4)n2)cc1. The number of imide groups is 1. The van der Waals surface area contributed by atoms with Crippen molar-refractivity contribution >= 4 is 63.7 Å². The average molecular weight is 1010 g/mol. The molecule has 1 aliphatic rings. The van der Waals surface area contributed by atoms with Crippen molar-refractivity contribution in [2.75, 3.05) is 42.1 Å². The number of amides is 2. The Morgan fingerprint density at radius 2 is 1.40 bits per heavy atom. The molecule has 0 saturated heterocycles. The predicted molar refractivity (Wildman–Crippen MR) is 259 cm³/mol. The van der Waals surface area contributed by atoms with Crippen LogP contribution in [0.1, 0.15) is 82.3 Å². The molecule has 7 rings (SSSR count). The number of ether oxygens (including phenoxy) is 5. The number of hydrogen-bond acceptors (Lipinski definition) is 13. The number of anilines is 3. The van der Waals surface area contributed by atoms with E-state index < -0.39 is 74.1 Å². The Morgan fingerprint density at radius 3 is 1.91 bits per heavy atom. The number of nitrogens with zero attached hydrogens (tertiary/aromatic N) is 7. The van der Waals surface area contributed by atoms with Crippen LogP contribution < -0.4 is 28.9 Å². The van der Waals surface area contributed by atoms with Crippen LogP contribution in [0.2, 0.25) is 10.3 Å². The highest BCUT2D eigenvalue weighted by atomic mass is 35.5. The second-order valence-electron chi connectivity index (χ2n) is 18.4. The van der Waals surface area contributed by atoms with Gasteiger partial charge in [0, 0.05) is 24.8 Å². The third kappa shape index (κ3) is 11.0. The van der Waals surface area contributed by atoms with Gasteiger partial charge in [0.15, 0.2) is 17.4 Å². The number of halogens is 6. The Balaban J connectivity index is 1.40. The normalized spacial score (nSPS) is 13.3. The van der Waals surface area contributed by atoms with Crippen LogP contribution in [0.15, 0.2) is 72.9 Å². The maximum absolute atomic E-state index is 17.7. The highest BCUT2D eigenvalue weighted by Gasteiger charge is 2.42. The fourth-order valence-corrected chi connectivity index (χ4v) is 8.42. The summed E-state index contributed by atoms with van der Waals surface area (Å²) in [5.41, 5.74) is -3.75. The number of aromatic nitrogens is 4. The van der Waals surface area contributed by atoms with Crippen molar-refractivity contribution in [1.29, 1.82) is 0 Å².